The monoisotopic (exact) mass is 390 g/mol. The fraction of sp³-hybridized carbons (Fsp3) is 0.250. The molecule has 0 saturated heterocycles. The molecule has 27 heavy (non-hydrogen) atoms. The summed E-state index contributed by atoms with van der Waals surface area (Å²) in [7, 11) is -1.96. The summed E-state index contributed by atoms with van der Waals surface area (Å²) in [6.45, 7) is 7.62. The van der Waals surface area contributed by atoms with Crippen molar-refractivity contribution in [1.29, 1.82) is 0 Å². The van der Waals surface area contributed by atoms with E-state index in [1.165, 1.54) is 16.3 Å². The highest BCUT2D eigenvalue weighted by molar-refractivity contribution is 7.16. The van der Waals surface area contributed by atoms with Crippen molar-refractivity contribution < 1.29 is 4.43 Å². The fourth-order valence-corrected chi connectivity index (χ4v) is 12.2. The van der Waals surface area contributed by atoms with Gasteiger partial charge in [-0.2, -0.15) is 0 Å². The van der Waals surface area contributed by atoms with E-state index in [4.69, 9.17) is 4.43 Å². The molecule has 1 atom stereocenters. The van der Waals surface area contributed by atoms with Gasteiger partial charge in [-0.05, 0) is 27.3 Å². The molecule has 0 aliphatic carbocycles. The normalized spacial score (nSPS) is 13.3. The summed E-state index contributed by atoms with van der Waals surface area (Å²) < 4.78 is 6.67. The topological polar surface area (TPSA) is 9.23 Å². The third-order valence-corrected chi connectivity index (χ3v) is 13.1. The third kappa shape index (κ3) is 6.03. The second kappa shape index (κ2) is 9.31. The molecule has 1 nitrogen and oxygen atoms in total. The number of hydrogen-bond donors (Lipinski definition) is 0. The summed E-state index contributed by atoms with van der Waals surface area (Å²) in [6.07, 6.45) is 0. The van der Waals surface area contributed by atoms with E-state index in [1.807, 2.05) is 0 Å². The Labute approximate surface area is 167 Å². The third-order valence-electron chi connectivity index (χ3n) is 4.74. The van der Waals surface area contributed by atoms with Crippen molar-refractivity contribution in [3.05, 3.63) is 102 Å². The van der Waals surface area contributed by atoms with Gasteiger partial charge >= 0.3 is 0 Å². The lowest BCUT2D eigenvalue weighted by atomic mass is 9.99. The van der Waals surface area contributed by atoms with E-state index >= 15 is 0 Å². The Bertz CT molecular complexity index is 759. The van der Waals surface area contributed by atoms with Gasteiger partial charge in [0, 0.05) is 6.61 Å². The molecule has 3 heteroatoms. The summed E-state index contributed by atoms with van der Waals surface area (Å²) in [5.41, 5.74) is 3.57. The maximum atomic E-state index is 6.67. The minimum absolute atomic E-state index is 0.198. The van der Waals surface area contributed by atoms with Gasteiger partial charge in [-0.25, -0.2) is 0 Å². The van der Waals surface area contributed by atoms with Crippen LogP contribution >= 0.6 is 0 Å². The van der Waals surface area contributed by atoms with E-state index < -0.39 is 17.6 Å². The molecular weight excluding hydrogens is 360 g/mol. The quantitative estimate of drug-likeness (QED) is 0.551. The van der Waals surface area contributed by atoms with Crippen LogP contribution < -0.4 is 5.19 Å². The Balaban J connectivity index is 1.92. The number of hydrogen-bond acceptors (Lipinski definition) is 1. The second-order valence-corrected chi connectivity index (χ2v) is 15.3. The Hall–Kier alpha value is -1.95. The molecule has 3 aromatic rings. The Morgan fingerprint density at radius 3 is 1.63 bits per heavy atom. The summed E-state index contributed by atoms with van der Waals surface area (Å²) in [6, 6.07) is 33.0. The van der Waals surface area contributed by atoms with Crippen LogP contribution in [-0.4, -0.2) is 24.2 Å². The summed E-state index contributed by atoms with van der Waals surface area (Å²) in [4.78, 5) is 0. The summed E-state index contributed by atoms with van der Waals surface area (Å²) in [5.74, 6) is 0. The van der Waals surface area contributed by atoms with E-state index in [9.17, 15) is 0 Å². The highest BCUT2D eigenvalue weighted by Crippen LogP contribution is 2.24. The molecule has 0 aliphatic rings. The predicted molar refractivity (Wildman–Crippen MR) is 122 cm³/mol. The molecule has 0 bridgehead atoms. The van der Waals surface area contributed by atoms with Crippen molar-refractivity contribution in [3.8, 4) is 0 Å². The van der Waals surface area contributed by atoms with Crippen LogP contribution in [0.3, 0.4) is 0 Å². The van der Waals surface area contributed by atoms with Crippen molar-refractivity contribution in [2.45, 2.75) is 26.3 Å². The van der Waals surface area contributed by atoms with E-state index in [1.54, 1.807) is 0 Å². The van der Waals surface area contributed by atoms with Gasteiger partial charge < -0.3 is 4.43 Å². The number of benzene rings is 3. The molecule has 3 rings (SSSR count). The molecule has 0 radical (unpaired) electrons. The van der Waals surface area contributed by atoms with Crippen LogP contribution in [0.1, 0.15) is 37.4 Å². The Kier molecular flexibility index (Phi) is 6.83. The Morgan fingerprint density at radius 2 is 1.19 bits per heavy atom. The predicted octanol–water partition coefficient (Wildman–Crippen LogP) is 4.14. The minimum atomic E-state index is -1.45. The highest BCUT2D eigenvalue weighted by atomic mass is 29.2. The lowest BCUT2D eigenvalue weighted by Gasteiger charge is -2.27. The van der Waals surface area contributed by atoms with Gasteiger partial charge in [-0.1, -0.05) is 112 Å². The summed E-state index contributed by atoms with van der Waals surface area (Å²) >= 11 is 0. The molecule has 0 heterocycles. The zero-order chi connectivity index (χ0) is 19.1. The average molecular weight is 391 g/mol. The van der Waals surface area contributed by atoms with Gasteiger partial charge in [-0.15, -0.1) is 0 Å². The van der Waals surface area contributed by atoms with Crippen molar-refractivity contribution >= 4 is 22.8 Å². The molecule has 0 spiro atoms. The van der Waals surface area contributed by atoms with Crippen LogP contribution in [0.2, 0.25) is 0 Å². The first-order valence-corrected chi connectivity index (χ1v) is 14.9. The van der Waals surface area contributed by atoms with E-state index in [0.29, 0.717) is 5.54 Å². The van der Waals surface area contributed by atoms with Crippen LogP contribution in [0, 0.1) is 5.41 Å². The SMILES string of the molecule is CC(C)(C)CO[SiH]([SiH2]C(c1ccccc1)c1ccccc1)c1ccccc1. The minimum Gasteiger partial charge on any atom is -0.418 e. The second-order valence-electron chi connectivity index (χ2n) is 8.38. The van der Waals surface area contributed by atoms with Gasteiger partial charge in [-0.3, -0.25) is 0 Å². The fourth-order valence-electron chi connectivity index (χ4n) is 3.37. The molecule has 3 aromatic carbocycles. The first-order valence-electron chi connectivity index (χ1n) is 9.79. The van der Waals surface area contributed by atoms with E-state index in [-0.39, 0.29) is 5.41 Å². The van der Waals surface area contributed by atoms with Crippen molar-refractivity contribution in [2.24, 2.45) is 5.41 Å². The van der Waals surface area contributed by atoms with Crippen LogP contribution in [0.4, 0.5) is 0 Å². The maximum absolute atomic E-state index is 6.67. The zero-order valence-corrected chi connectivity index (χ0v) is 19.2. The van der Waals surface area contributed by atoms with Gasteiger partial charge in [0.25, 0.3) is 0 Å². The van der Waals surface area contributed by atoms with Gasteiger partial charge in [0.1, 0.15) is 0 Å². The average Bonchev–Trinajstić information content (AvgIpc) is 2.69. The smallest absolute Gasteiger partial charge is 0.188 e. The molecule has 0 amide bonds. The lowest BCUT2D eigenvalue weighted by molar-refractivity contribution is 0.205. The lowest BCUT2D eigenvalue weighted by Crippen LogP contribution is -2.44. The first kappa shape index (κ1) is 19.8. The van der Waals surface area contributed by atoms with Crippen LogP contribution in [0.15, 0.2) is 91.0 Å². The van der Waals surface area contributed by atoms with Gasteiger partial charge in [0.2, 0.25) is 0 Å². The van der Waals surface area contributed by atoms with Gasteiger partial charge in [0.15, 0.2) is 8.56 Å². The zero-order valence-electron chi connectivity index (χ0n) is 16.6. The van der Waals surface area contributed by atoms with Crippen molar-refractivity contribution in [1.82, 2.24) is 0 Å². The summed E-state index contributed by atoms with van der Waals surface area (Å²) in [5, 5.41) is 1.45. The highest BCUT2D eigenvalue weighted by Gasteiger charge is 2.25. The largest absolute Gasteiger partial charge is 0.418 e. The molecule has 0 fully saturated rings. The van der Waals surface area contributed by atoms with Crippen molar-refractivity contribution in [3.63, 3.8) is 0 Å². The van der Waals surface area contributed by atoms with Crippen LogP contribution in [0.25, 0.3) is 0 Å². The van der Waals surface area contributed by atoms with Crippen molar-refractivity contribution in [2.75, 3.05) is 6.61 Å². The molecule has 0 aliphatic heterocycles. The first-order chi connectivity index (χ1) is 13.0. The standard InChI is InChI=1S/C24H30OSi2/c1-24(2,3)19-25-27(22-17-11-6-12-18-22)26-23(20-13-7-4-8-14-20)21-15-9-5-10-16-21/h4-18,23,27H,19,26H2,1-3H3. The molecular formula is C24H30OSi2. The molecule has 0 saturated carbocycles. The van der Waals surface area contributed by atoms with Crippen LogP contribution in [0.5, 0.6) is 0 Å². The Morgan fingerprint density at radius 1 is 0.741 bits per heavy atom. The number of rotatable bonds is 7. The molecule has 0 aromatic heterocycles. The van der Waals surface area contributed by atoms with E-state index in [0.717, 1.165) is 6.61 Å². The van der Waals surface area contributed by atoms with Gasteiger partial charge in [0.05, 0.1) is 9.04 Å². The molecule has 0 N–H and O–H groups in total. The maximum Gasteiger partial charge on any atom is 0.188 e. The van der Waals surface area contributed by atoms with E-state index in [2.05, 4.69) is 112 Å². The molecule has 1 unspecified atom stereocenters. The molecule has 140 valence electrons. The van der Waals surface area contributed by atoms with Crippen LogP contribution in [-0.2, 0) is 4.43 Å².